The smallest absolute Gasteiger partial charge is 0.304 e. The summed E-state index contributed by atoms with van der Waals surface area (Å²) >= 11 is 0. The second kappa shape index (κ2) is 6.04. The fourth-order valence-corrected chi connectivity index (χ4v) is 1.81. The van der Waals surface area contributed by atoms with E-state index < -0.39 is 16.0 Å². The van der Waals surface area contributed by atoms with Crippen molar-refractivity contribution in [1.82, 2.24) is 9.21 Å². The molecule has 0 unspecified atom stereocenters. The molecule has 0 saturated heterocycles. The van der Waals surface area contributed by atoms with E-state index in [1.54, 1.807) is 0 Å². The summed E-state index contributed by atoms with van der Waals surface area (Å²) < 4.78 is 23.7. The Morgan fingerprint density at radius 2 is 1.73 bits per heavy atom. The number of nitrogens with zero attached hydrogens (tertiary/aromatic N) is 2. The quantitative estimate of drug-likeness (QED) is 0.633. The van der Waals surface area contributed by atoms with E-state index in [1.165, 1.54) is 4.31 Å². The Bertz CT molecular complexity index is 300. The molecule has 7 heteroatoms. The van der Waals surface area contributed by atoms with Gasteiger partial charge >= 0.3 is 5.97 Å². The highest BCUT2D eigenvalue weighted by Gasteiger charge is 2.17. The second-order valence-corrected chi connectivity index (χ2v) is 5.59. The molecule has 0 amide bonds. The number of carboxylic acid groups (broad SMARTS) is 1. The third-order valence-electron chi connectivity index (χ3n) is 1.84. The number of likely N-dealkylation sites (N-methyl/N-ethyl adjacent to an activating group) is 1. The predicted octanol–water partition coefficient (Wildman–Crippen LogP) is -0.716. The van der Waals surface area contributed by atoms with Gasteiger partial charge in [-0.3, -0.25) is 4.79 Å². The van der Waals surface area contributed by atoms with E-state index >= 15 is 0 Å². The molecule has 1 N–H and O–H groups in total. The zero-order chi connectivity index (χ0) is 12.1. The monoisotopic (exact) mass is 238 g/mol. The first-order chi connectivity index (χ1) is 6.73. The molecule has 0 atom stereocenters. The summed E-state index contributed by atoms with van der Waals surface area (Å²) in [6.45, 7) is 0.924. The molecule has 0 rings (SSSR count). The lowest BCUT2D eigenvalue weighted by Crippen LogP contribution is -2.37. The van der Waals surface area contributed by atoms with E-state index in [-0.39, 0.29) is 13.0 Å². The molecule has 6 nitrogen and oxygen atoms in total. The van der Waals surface area contributed by atoms with Gasteiger partial charge < -0.3 is 10.0 Å². The molecule has 0 aliphatic carbocycles. The predicted molar refractivity (Wildman–Crippen MR) is 57.2 cm³/mol. The van der Waals surface area contributed by atoms with Crippen molar-refractivity contribution in [3.63, 3.8) is 0 Å². The molecule has 0 aromatic rings. The molecule has 0 aromatic heterocycles. The van der Waals surface area contributed by atoms with Gasteiger partial charge in [0.1, 0.15) is 0 Å². The molecule has 90 valence electrons. The van der Waals surface area contributed by atoms with Gasteiger partial charge in [-0.05, 0) is 14.1 Å². The van der Waals surface area contributed by atoms with Crippen LogP contribution in [0.5, 0.6) is 0 Å². The molecule has 0 aliphatic heterocycles. The third-order valence-corrected chi connectivity index (χ3v) is 3.14. The van der Waals surface area contributed by atoms with Crippen LogP contribution in [0.15, 0.2) is 0 Å². The van der Waals surface area contributed by atoms with Crippen molar-refractivity contribution in [2.75, 3.05) is 40.0 Å². The van der Waals surface area contributed by atoms with Crippen molar-refractivity contribution in [1.29, 1.82) is 0 Å². The maximum Gasteiger partial charge on any atom is 0.304 e. The first-order valence-corrected chi connectivity index (χ1v) is 6.40. The van der Waals surface area contributed by atoms with Crippen LogP contribution in [0.2, 0.25) is 0 Å². The third kappa shape index (κ3) is 7.29. The highest BCUT2D eigenvalue weighted by Crippen LogP contribution is 1.99. The SMILES string of the molecule is CN(C)CCN(CCC(=O)O)S(C)(=O)=O. The van der Waals surface area contributed by atoms with Crippen LogP contribution in [-0.4, -0.2) is 68.7 Å². The number of carbonyl (C=O) groups is 1. The first-order valence-electron chi connectivity index (χ1n) is 4.55. The van der Waals surface area contributed by atoms with Crippen molar-refractivity contribution >= 4 is 16.0 Å². The number of rotatable bonds is 7. The number of aliphatic carboxylic acids is 1. The lowest BCUT2D eigenvalue weighted by molar-refractivity contribution is -0.137. The maximum absolute atomic E-state index is 11.3. The molecule has 0 saturated carbocycles. The van der Waals surface area contributed by atoms with Gasteiger partial charge in [0.2, 0.25) is 10.0 Å². The summed E-state index contributed by atoms with van der Waals surface area (Å²) in [7, 11) is 0.349. The zero-order valence-corrected chi connectivity index (χ0v) is 10.1. The second-order valence-electron chi connectivity index (χ2n) is 3.61. The van der Waals surface area contributed by atoms with Crippen molar-refractivity contribution in [3.8, 4) is 0 Å². The van der Waals surface area contributed by atoms with Crippen LogP contribution >= 0.6 is 0 Å². The van der Waals surface area contributed by atoms with E-state index in [0.29, 0.717) is 13.1 Å². The minimum atomic E-state index is -3.31. The van der Waals surface area contributed by atoms with Crippen molar-refractivity contribution < 1.29 is 18.3 Å². The highest BCUT2D eigenvalue weighted by atomic mass is 32.2. The molecular formula is C8H18N2O4S. The first kappa shape index (κ1) is 14.3. The Morgan fingerprint density at radius 3 is 2.07 bits per heavy atom. The van der Waals surface area contributed by atoms with E-state index in [0.717, 1.165) is 6.26 Å². The summed E-state index contributed by atoms with van der Waals surface area (Å²) in [5.41, 5.74) is 0. The summed E-state index contributed by atoms with van der Waals surface area (Å²) in [5.74, 6) is -0.992. The molecule has 0 spiro atoms. The average Bonchev–Trinajstić information content (AvgIpc) is 2.00. The van der Waals surface area contributed by atoms with Crippen molar-refractivity contribution in [3.05, 3.63) is 0 Å². The molecule has 0 bridgehead atoms. The summed E-state index contributed by atoms with van der Waals surface area (Å²) in [6.07, 6.45) is 0.922. The summed E-state index contributed by atoms with van der Waals surface area (Å²) in [6, 6.07) is 0. The van der Waals surface area contributed by atoms with E-state index in [1.807, 2.05) is 19.0 Å². The van der Waals surface area contributed by atoms with Crippen LogP contribution in [0.25, 0.3) is 0 Å². The fourth-order valence-electron chi connectivity index (χ4n) is 0.975. The largest absolute Gasteiger partial charge is 0.481 e. The molecule has 0 aromatic carbocycles. The highest BCUT2D eigenvalue weighted by molar-refractivity contribution is 7.88. The molecule has 0 aliphatic rings. The van der Waals surface area contributed by atoms with Crippen LogP contribution in [0, 0.1) is 0 Å². The summed E-state index contributed by atoms with van der Waals surface area (Å²) in [5, 5.41) is 8.47. The van der Waals surface area contributed by atoms with Gasteiger partial charge in [-0.2, -0.15) is 0 Å². The van der Waals surface area contributed by atoms with Crippen LogP contribution in [0.4, 0.5) is 0 Å². The number of hydrogen-bond donors (Lipinski definition) is 1. The summed E-state index contributed by atoms with van der Waals surface area (Å²) in [4.78, 5) is 12.2. The van der Waals surface area contributed by atoms with E-state index in [4.69, 9.17) is 5.11 Å². The van der Waals surface area contributed by atoms with Crippen LogP contribution < -0.4 is 0 Å². The van der Waals surface area contributed by atoms with Gasteiger partial charge in [-0.15, -0.1) is 0 Å². The lowest BCUT2D eigenvalue weighted by Gasteiger charge is -2.20. The van der Waals surface area contributed by atoms with E-state index in [2.05, 4.69) is 0 Å². The Hall–Kier alpha value is -0.660. The molecule has 0 fully saturated rings. The van der Waals surface area contributed by atoms with Crippen molar-refractivity contribution in [2.45, 2.75) is 6.42 Å². The van der Waals surface area contributed by atoms with Crippen LogP contribution in [-0.2, 0) is 14.8 Å². The number of sulfonamides is 1. The Labute approximate surface area is 90.5 Å². The average molecular weight is 238 g/mol. The standard InChI is InChI=1S/C8H18N2O4S/c1-9(2)6-7-10(15(3,13)14)5-4-8(11)12/h4-7H2,1-3H3,(H,11,12). The minimum Gasteiger partial charge on any atom is -0.481 e. The van der Waals surface area contributed by atoms with Gasteiger partial charge in [0, 0.05) is 19.6 Å². The number of hydrogen-bond acceptors (Lipinski definition) is 4. The minimum absolute atomic E-state index is 0.0298. The van der Waals surface area contributed by atoms with Gasteiger partial charge in [0.05, 0.1) is 12.7 Å². The van der Waals surface area contributed by atoms with Crippen LogP contribution in [0.1, 0.15) is 6.42 Å². The molecule has 0 radical (unpaired) electrons. The fraction of sp³-hybridized carbons (Fsp3) is 0.875. The van der Waals surface area contributed by atoms with Gasteiger partial charge in [0.15, 0.2) is 0 Å². The Balaban J connectivity index is 4.27. The molecule has 15 heavy (non-hydrogen) atoms. The van der Waals surface area contributed by atoms with E-state index in [9.17, 15) is 13.2 Å². The topological polar surface area (TPSA) is 77.9 Å². The Morgan fingerprint density at radius 1 is 1.20 bits per heavy atom. The molecule has 0 heterocycles. The van der Waals surface area contributed by atoms with Crippen LogP contribution in [0.3, 0.4) is 0 Å². The Kier molecular flexibility index (Phi) is 5.77. The molecular weight excluding hydrogens is 220 g/mol. The van der Waals surface area contributed by atoms with Gasteiger partial charge in [-0.1, -0.05) is 0 Å². The number of carboxylic acids is 1. The normalized spacial score (nSPS) is 12.3. The van der Waals surface area contributed by atoms with Crippen molar-refractivity contribution in [2.24, 2.45) is 0 Å². The maximum atomic E-state index is 11.3. The lowest BCUT2D eigenvalue weighted by atomic mass is 10.4. The zero-order valence-electron chi connectivity index (χ0n) is 9.30. The van der Waals surface area contributed by atoms with Gasteiger partial charge in [0.25, 0.3) is 0 Å². The van der Waals surface area contributed by atoms with Gasteiger partial charge in [-0.25, -0.2) is 12.7 Å².